The third-order valence-electron chi connectivity index (χ3n) is 2.47. The summed E-state index contributed by atoms with van der Waals surface area (Å²) in [5, 5.41) is 3.19. The van der Waals surface area contributed by atoms with Crippen molar-refractivity contribution in [1.29, 1.82) is 0 Å². The molecule has 1 aliphatic heterocycles. The number of piperazine rings is 1. The molecule has 0 spiro atoms. The Kier molecular flexibility index (Phi) is 5.10. The highest BCUT2D eigenvalue weighted by Gasteiger charge is 2.15. The van der Waals surface area contributed by atoms with Gasteiger partial charge in [-0.05, 0) is 6.42 Å². The van der Waals surface area contributed by atoms with E-state index >= 15 is 0 Å². The van der Waals surface area contributed by atoms with Crippen molar-refractivity contribution in [3.63, 3.8) is 0 Å². The van der Waals surface area contributed by atoms with Gasteiger partial charge in [0.25, 0.3) is 0 Å². The Bertz CT molecular complexity index is 225. The molecule has 1 saturated heterocycles. The highest BCUT2D eigenvalue weighted by atomic mass is 16.5. The first-order chi connectivity index (χ1) is 7.24. The Morgan fingerprint density at radius 3 is 2.53 bits per heavy atom. The predicted molar refractivity (Wildman–Crippen MR) is 55.3 cm³/mol. The van der Waals surface area contributed by atoms with E-state index in [2.05, 4.69) is 10.1 Å². The Hall–Kier alpha value is -1.10. The SMILES string of the molecule is COC(=O)CCCC(=O)N1CCNCC1. The summed E-state index contributed by atoms with van der Waals surface area (Å²) in [7, 11) is 1.36. The Morgan fingerprint density at radius 2 is 1.93 bits per heavy atom. The summed E-state index contributed by atoms with van der Waals surface area (Å²) in [6.07, 6.45) is 1.35. The van der Waals surface area contributed by atoms with E-state index in [1.807, 2.05) is 4.90 Å². The molecule has 0 unspecified atom stereocenters. The van der Waals surface area contributed by atoms with Gasteiger partial charge in [0.1, 0.15) is 0 Å². The largest absolute Gasteiger partial charge is 0.469 e. The van der Waals surface area contributed by atoms with Crippen LogP contribution in [0.2, 0.25) is 0 Å². The number of esters is 1. The zero-order valence-electron chi connectivity index (χ0n) is 9.12. The number of nitrogens with one attached hydrogen (secondary N) is 1. The summed E-state index contributed by atoms with van der Waals surface area (Å²) in [6.45, 7) is 3.28. The molecule has 1 amide bonds. The van der Waals surface area contributed by atoms with Crippen molar-refractivity contribution in [1.82, 2.24) is 10.2 Å². The number of ether oxygens (including phenoxy) is 1. The van der Waals surface area contributed by atoms with E-state index in [1.54, 1.807) is 0 Å². The molecule has 0 aliphatic carbocycles. The van der Waals surface area contributed by atoms with Gasteiger partial charge in [0.05, 0.1) is 7.11 Å². The third-order valence-corrected chi connectivity index (χ3v) is 2.47. The van der Waals surface area contributed by atoms with Crippen molar-refractivity contribution < 1.29 is 14.3 Å². The van der Waals surface area contributed by atoms with Gasteiger partial charge in [0.2, 0.25) is 5.91 Å². The highest BCUT2D eigenvalue weighted by molar-refractivity contribution is 5.77. The predicted octanol–water partition coefficient (Wildman–Crippen LogP) is -0.238. The lowest BCUT2D eigenvalue weighted by molar-refractivity contribution is -0.140. The van der Waals surface area contributed by atoms with Crippen LogP contribution in [-0.2, 0) is 14.3 Å². The Balaban J connectivity index is 2.14. The van der Waals surface area contributed by atoms with Gasteiger partial charge >= 0.3 is 5.97 Å². The van der Waals surface area contributed by atoms with Gasteiger partial charge in [-0.1, -0.05) is 0 Å². The molecule has 0 aromatic carbocycles. The molecule has 0 aromatic heterocycles. The number of nitrogens with zero attached hydrogens (tertiary/aromatic N) is 1. The minimum Gasteiger partial charge on any atom is -0.469 e. The van der Waals surface area contributed by atoms with Crippen molar-refractivity contribution in [3.8, 4) is 0 Å². The minimum absolute atomic E-state index is 0.139. The van der Waals surface area contributed by atoms with Gasteiger partial charge in [-0.15, -0.1) is 0 Å². The summed E-state index contributed by atoms with van der Waals surface area (Å²) in [5.74, 6) is -0.108. The third kappa shape index (κ3) is 4.29. The van der Waals surface area contributed by atoms with Crippen LogP contribution in [0.25, 0.3) is 0 Å². The van der Waals surface area contributed by atoms with E-state index in [-0.39, 0.29) is 11.9 Å². The highest BCUT2D eigenvalue weighted by Crippen LogP contribution is 2.03. The van der Waals surface area contributed by atoms with Crippen LogP contribution in [0.3, 0.4) is 0 Å². The van der Waals surface area contributed by atoms with E-state index in [0.29, 0.717) is 19.3 Å². The monoisotopic (exact) mass is 214 g/mol. The normalized spacial score (nSPS) is 16.2. The van der Waals surface area contributed by atoms with Crippen LogP contribution < -0.4 is 5.32 Å². The van der Waals surface area contributed by atoms with Crippen molar-refractivity contribution in [2.75, 3.05) is 33.3 Å². The summed E-state index contributed by atoms with van der Waals surface area (Å²) in [5.41, 5.74) is 0. The van der Waals surface area contributed by atoms with Crippen molar-refractivity contribution in [2.24, 2.45) is 0 Å². The maximum Gasteiger partial charge on any atom is 0.305 e. The molecule has 0 atom stereocenters. The van der Waals surface area contributed by atoms with E-state index in [4.69, 9.17) is 0 Å². The first-order valence-corrected chi connectivity index (χ1v) is 5.29. The van der Waals surface area contributed by atoms with Crippen molar-refractivity contribution in [2.45, 2.75) is 19.3 Å². The molecule has 0 aromatic rings. The topological polar surface area (TPSA) is 58.6 Å². The molecular formula is C10H18N2O3. The number of amides is 1. The smallest absolute Gasteiger partial charge is 0.305 e. The Labute approximate surface area is 89.8 Å². The van der Waals surface area contributed by atoms with E-state index < -0.39 is 0 Å². The molecule has 0 radical (unpaired) electrons. The molecule has 1 fully saturated rings. The number of hydrogen-bond donors (Lipinski definition) is 1. The molecule has 5 heteroatoms. The van der Waals surface area contributed by atoms with Crippen LogP contribution in [-0.4, -0.2) is 50.1 Å². The lowest BCUT2D eigenvalue weighted by atomic mass is 10.2. The van der Waals surface area contributed by atoms with Crippen molar-refractivity contribution >= 4 is 11.9 Å². The molecule has 1 N–H and O–H groups in total. The second-order valence-electron chi connectivity index (χ2n) is 3.56. The summed E-state index contributed by atoms with van der Waals surface area (Å²) >= 11 is 0. The van der Waals surface area contributed by atoms with Crippen LogP contribution in [0.1, 0.15) is 19.3 Å². The quantitative estimate of drug-likeness (QED) is 0.656. The van der Waals surface area contributed by atoms with Crippen LogP contribution in [0, 0.1) is 0 Å². The number of methoxy groups -OCH3 is 1. The second kappa shape index (κ2) is 6.40. The molecule has 1 rings (SSSR count). The number of carbonyl (C=O) groups excluding carboxylic acids is 2. The summed E-state index contributed by atoms with van der Waals surface area (Å²) < 4.78 is 4.50. The maximum absolute atomic E-state index is 11.6. The van der Waals surface area contributed by atoms with E-state index in [0.717, 1.165) is 26.2 Å². The zero-order chi connectivity index (χ0) is 11.1. The van der Waals surface area contributed by atoms with Gasteiger partial charge in [0, 0.05) is 39.0 Å². The first kappa shape index (κ1) is 12.0. The average molecular weight is 214 g/mol. The van der Waals surface area contributed by atoms with Gasteiger partial charge in [-0.25, -0.2) is 0 Å². The lowest BCUT2D eigenvalue weighted by Crippen LogP contribution is -2.46. The first-order valence-electron chi connectivity index (χ1n) is 5.29. The van der Waals surface area contributed by atoms with Crippen LogP contribution in [0.4, 0.5) is 0 Å². The van der Waals surface area contributed by atoms with Gasteiger partial charge in [-0.2, -0.15) is 0 Å². The fraction of sp³-hybridized carbons (Fsp3) is 0.800. The summed E-state index contributed by atoms with van der Waals surface area (Å²) in [6, 6.07) is 0. The number of rotatable bonds is 4. The number of carbonyl (C=O) groups is 2. The molecule has 15 heavy (non-hydrogen) atoms. The minimum atomic E-state index is -0.247. The van der Waals surface area contributed by atoms with Crippen LogP contribution in [0.5, 0.6) is 0 Å². The molecule has 0 bridgehead atoms. The maximum atomic E-state index is 11.6. The molecule has 86 valence electrons. The van der Waals surface area contributed by atoms with Crippen LogP contribution in [0.15, 0.2) is 0 Å². The molecular weight excluding hydrogens is 196 g/mol. The number of hydrogen-bond acceptors (Lipinski definition) is 4. The zero-order valence-corrected chi connectivity index (χ0v) is 9.12. The van der Waals surface area contributed by atoms with Gasteiger partial charge in [-0.3, -0.25) is 9.59 Å². The average Bonchev–Trinajstić information content (AvgIpc) is 2.29. The molecule has 5 nitrogen and oxygen atoms in total. The van der Waals surface area contributed by atoms with Gasteiger partial charge in [0.15, 0.2) is 0 Å². The van der Waals surface area contributed by atoms with Crippen LogP contribution >= 0.6 is 0 Å². The molecule has 1 aliphatic rings. The standard InChI is InChI=1S/C10H18N2O3/c1-15-10(14)4-2-3-9(13)12-7-5-11-6-8-12/h11H,2-8H2,1H3. The second-order valence-corrected chi connectivity index (χ2v) is 3.56. The van der Waals surface area contributed by atoms with E-state index in [1.165, 1.54) is 7.11 Å². The van der Waals surface area contributed by atoms with Crippen molar-refractivity contribution in [3.05, 3.63) is 0 Å². The lowest BCUT2D eigenvalue weighted by Gasteiger charge is -2.27. The summed E-state index contributed by atoms with van der Waals surface area (Å²) in [4.78, 5) is 24.3. The Morgan fingerprint density at radius 1 is 1.27 bits per heavy atom. The fourth-order valence-corrected chi connectivity index (χ4v) is 1.56. The molecule has 0 saturated carbocycles. The van der Waals surface area contributed by atoms with E-state index in [9.17, 15) is 9.59 Å². The van der Waals surface area contributed by atoms with Gasteiger partial charge < -0.3 is 15.0 Å². The fourth-order valence-electron chi connectivity index (χ4n) is 1.56. The molecule has 1 heterocycles.